The van der Waals surface area contributed by atoms with Crippen molar-refractivity contribution in [2.75, 3.05) is 13.2 Å². The highest BCUT2D eigenvalue weighted by Crippen LogP contribution is 2.18. The van der Waals surface area contributed by atoms with Crippen LogP contribution >= 0.6 is 11.6 Å². The number of amides is 1. The highest BCUT2D eigenvalue weighted by Gasteiger charge is 2.13. The van der Waals surface area contributed by atoms with E-state index in [0.29, 0.717) is 5.02 Å². The quantitative estimate of drug-likeness (QED) is 0.420. The van der Waals surface area contributed by atoms with Crippen molar-refractivity contribution in [3.63, 3.8) is 0 Å². The van der Waals surface area contributed by atoms with Crippen molar-refractivity contribution in [3.05, 3.63) is 69.2 Å². The van der Waals surface area contributed by atoms with E-state index in [2.05, 4.69) is 5.32 Å². The van der Waals surface area contributed by atoms with Gasteiger partial charge in [0.15, 0.2) is 13.2 Å². The number of rotatable bonds is 8. The number of nitro benzene ring substituents is 1. The van der Waals surface area contributed by atoms with Crippen LogP contribution in [0.25, 0.3) is 0 Å². The number of nitrogens with zero attached hydrogens (tertiary/aromatic N) is 1. The lowest BCUT2D eigenvalue weighted by Gasteiger charge is -2.14. The van der Waals surface area contributed by atoms with Crippen molar-refractivity contribution in [2.45, 2.75) is 13.0 Å². The van der Waals surface area contributed by atoms with Crippen LogP contribution in [0.4, 0.5) is 5.69 Å². The first-order chi connectivity index (χ1) is 12.8. The van der Waals surface area contributed by atoms with Crippen molar-refractivity contribution >= 4 is 29.2 Å². The van der Waals surface area contributed by atoms with Gasteiger partial charge in [-0.3, -0.25) is 14.9 Å². The van der Waals surface area contributed by atoms with E-state index in [0.717, 1.165) is 5.56 Å². The Kier molecular flexibility index (Phi) is 7.13. The first-order valence-corrected chi connectivity index (χ1v) is 8.30. The summed E-state index contributed by atoms with van der Waals surface area (Å²) in [5.41, 5.74) is 0.735. The van der Waals surface area contributed by atoms with Crippen LogP contribution < -0.4 is 10.1 Å². The molecule has 1 N–H and O–H groups in total. The van der Waals surface area contributed by atoms with Gasteiger partial charge < -0.3 is 14.8 Å². The zero-order chi connectivity index (χ0) is 19.8. The summed E-state index contributed by atoms with van der Waals surface area (Å²) in [5.74, 6) is -0.929. The molecule has 1 atom stereocenters. The summed E-state index contributed by atoms with van der Waals surface area (Å²) in [6.45, 7) is 0.908. The minimum absolute atomic E-state index is 0.0876. The van der Waals surface area contributed by atoms with Crippen LogP contribution in [0.2, 0.25) is 5.02 Å². The van der Waals surface area contributed by atoms with Crippen LogP contribution in [0.5, 0.6) is 5.75 Å². The van der Waals surface area contributed by atoms with E-state index in [4.69, 9.17) is 21.1 Å². The number of nitro groups is 1. The number of carbonyl (C=O) groups is 2. The van der Waals surface area contributed by atoms with E-state index in [1.165, 1.54) is 24.3 Å². The summed E-state index contributed by atoms with van der Waals surface area (Å²) in [4.78, 5) is 33.5. The van der Waals surface area contributed by atoms with Gasteiger partial charge in [0.1, 0.15) is 5.75 Å². The molecule has 0 radical (unpaired) electrons. The summed E-state index contributed by atoms with van der Waals surface area (Å²) < 4.78 is 9.99. The Morgan fingerprint density at radius 2 is 1.89 bits per heavy atom. The predicted octanol–water partition coefficient (Wildman–Crippen LogP) is 3.05. The van der Waals surface area contributed by atoms with Crippen LogP contribution in [0.1, 0.15) is 18.5 Å². The van der Waals surface area contributed by atoms with Gasteiger partial charge in [0.05, 0.1) is 11.0 Å². The molecule has 8 nitrogen and oxygen atoms in total. The summed E-state index contributed by atoms with van der Waals surface area (Å²) in [5, 5.41) is 13.8. The molecule has 2 rings (SSSR count). The fourth-order valence-corrected chi connectivity index (χ4v) is 2.34. The molecule has 0 aromatic heterocycles. The molecule has 2 aromatic carbocycles. The van der Waals surface area contributed by atoms with E-state index in [-0.39, 0.29) is 17.5 Å². The third kappa shape index (κ3) is 6.59. The van der Waals surface area contributed by atoms with Crippen LogP contribution in [0.3, 0.4) is 0 Å². The molecular weight excluding hydrogens is 376 g/mol. The molecular formula is C18H17ClN2O6. The molecule has 0 saturated heterocycles. The molecule has 0 heterocycles. The number of carbonyl (C=O) groups excluding carboxylic acids is 2. The summed E-state index contributed by atoms with van der Waals surface area (Å²) in [6.07, 6.45) is 0. The van der Waals surface area contributed by atoms with Gasteiger partial charge in [0, 0.05) is 17.2 Å². The molecule has 9 heteroatoms. The number of benzene rings is 2. The Balaban J connectivity index is 1.73. The zero-order valence-electron chi connectivity index (χ0n) is 14.4. The number of nitrogens with one attached hydrogen (secondary N) is 1. The number of esters is 1. The van der Waals surface area contributed by atoms with Gasteiger partial charge in [-0.2, -0.15) is 0 Å². The van der Waals surface area contributed by atoms with Crippen LogP contribution in [-0.2, 0) is 14.3 Å². The second kappa shape index (κ2) is 9.54. The maximum absolute atomic E-state index is 11.9. The second-order valence-corrected chi connectivity index (χ2v) is 5.98. The molecule has 0 unspecified atom stereocenters. The summed E-state index contributed by atoms with van der Waals surface area (Å²) in [6, 6.07) is 12.0. The average molecular weight is 393 g/mol. The first-order valence-electron chi connectivity index (χ1n) is 7.93. The molecule has 0 spiro atoms. The number of non-ortho nitro benzene ring substituents is 1. The summed E-state index contributed by atoms with van der Waals surface area (Å²) >= 11 is 5.91. The minimum atomic E-state index is -0.737. The van der Waals surface area contributed by atoms with Crippen molar-refractivity contribution in [1.29, 1.82) is 0 Å². The molecule has 0 saturated carbocycles. The molecule has 0 bridgehead atoms. The largest absolute Gasteiger partial charge is 0.482 e. The Morgan fingerprint density at radius 1 is 1.19 bits per heavy atom. The van der Waals surface area contributed by atoms with Gasteiger partial charge in [0.2, 0.25) is 0 Å². The number of halogens is 1. The van der Waals surface area contributed by atoms with Gasteiger partial charge in [-0.25, -0.2) is 4.79 Å². The van der Waals surface area contributed by atoms with Crippen molar-refractivity contribution in [2.24, 2.45) is 0 Å². The van der Waals surface area contributed by atoms with E-state index in [9.17, 15) is 19.7 Å². The molecule has 0 aliphatic carbocycles. The lowest BCUT2D eigenvalue weighted by atomic mass is 10.1. The van der Waals surface area contributed by atoms with Gasteiger partial charge in [-0.1, -0.05) is 23.7 Å². The maximum atomic E-state index is 11.9. The lowest BCUT2D eigenvalue weighted by Crippen LogP contribution is -2.31. The molecule has 2 aromatic rings. The Hall–Kier alpha value is -3.13. The van der Waals surface area contributed by atoms with E-state index in [1.54, 1.807) is 25.1 Å². The van der Waals surface area contributed by atoms with Crippen molar-refractivity contribution in [3.8, 4) is 5.75 Å². The Morgan fingerprint density at radius 3 is 2.52 bits per heavy atom. The normalized spacial score (nSPS) is 11.3. The molecule has 1 amide bonds. The molecule has 0 aliphatic rings. The number of hydrogen-bond donors (Lipinski definition) is 1. The highest BCUT2D eigenvalue weighted by molar-refractivity contribution is 6.30. The van der Waals surface area contributed by atoms with Crippen LogP contribution in [0, 0.1) is 10.1 Å². The van der Waals surface area contributed by atoms with Gasteiger partial charge in [0.25, 0.3) is 11.6 Å². The van der Waals surface area contributed by atoms with Gasteiger partial charge >= 0.3 is 5.97 Å². The minimum Gasteiger partial charge on any atom is -0.482 e. The van der Waals surface area contributed by atoms with E-state index < -0.39 is 30.0 Å². The van der Waals surface area contributed by atoms with Crippen LogP contribution in [0.15, 0.2) is 48.5 Å². The summed E-state index contributed by atoms with van der Waals surface area (Å²) in [7, 11) is 0. The van der Waals surface area contributed by atoms with Crippen molar-refractivity contribution < 1.29 is 24.0 Å². The first kappa shape index (κ1) is 20.2. The second-order valence-electron chi connectivity index (χ2n) is 5.54. The smallest absolute Gasteiger partial charge is 0.344 e. The highest BCUT2D eigenvalue weighted by atomic mass is 35.5. The van der Waals surface area contributed by atoms with Crippen LogP contribution in [-0.4, -0.2) is 30.0 Å². The fourth-order valence-electron chi connectivity index (χ4n) is 2.14. The third-order valence-electron chi connectivity index (χ3n) is 3.49. The Bertz CT molecular complexity index is 825. The Labute approximate surface area is 160 Å². The standard InChI is InChI=1S/C18H17ClN2O6/c1-12(13-3-2-4-14(19)9-13)20-17(22)10-27-18(23)11-26-16-7-5-15(6-8-16)21(24)25/h2-9,12H,10-11H2,1H3,(H,20,22)/t12-/m1/s1. The SMILES string of the molecule is C[C@@H](NC(=O)COC(=O)COc1ccc([N+](=O)[O-])cc1)c1cccc(Cl)c1. The van der Waals surface area contributed by atoms with Gasteiger partial charge in [-0.05, 0) is 36.8 Å². The predicted molar refractivity (Wildman–Crippen MR) is 97.6 cm³/mol. The van der Waals surface area contributed by atoms with E-state index in [1.807, 2.05) is 6.07 Å². The van der Waals surface area contributed by atoms with Gasteiger partial charge in [-0.15, -0.1) is 0 Å². The average Bonchev–Trinajstić information content (AvgIpc) is 2.65. The molecule has 27 heavy (non-hydrogen) atoms. The zero-order valence-corrected chi connectivity index (χ0v) is 15.1. The van der Waals surface area contributed by atoms with E-state index >= 15 is 0 Å². The molecule has 142 valence electrons. The fraction of sp³-hybridized carbons (Fsp3) is 0.222. The number of ether oxygens (including phenoxy) is 2. The topological polar surface area (TPSA) is 108 Å². The monoisotopic (exact) mass is 392 g/mol. The molecule has 0 aliphatic heterocycles. The molecule has 0 fully saturated rings. The maximum Gasteiger partial charge on any atom is 0.344 e. The number of hydrogen-bond acceptors (Lipinski definition) is 6. The van der Waals surface area contributed by atoms with Crippen molar-refractivity contribution in [1.82, 2.24) is 5.32 Å². The lowest BCUT2D eigenvalue weighted by molar-refractivity contribution is -0.384. The third-order valence-corrected chi connectivity index (χ3v) is 3.73.